The lowest BCUT2D eigenvalue weighted by atomic mass is 9.75. The van der Waals surface area contributed by atoms with Gasteiger partial charge in [0.2, 0.25) is 0 Å². The van der Waals surface area contributed by atoms with Crippen LogP contribution in [0.15, 0.2) is 29.2 Å². The molecule has 1 aromatic rings. The molecule has 0 saturated heterocycles. The van der Waals surface area contributed by atoms with Gasteiger partial charge in [-0.25, -0.2) is 17.2 Å². The van der Waals surface area contributed by atoms with Crippen LogP contribution in [0.2, 0.25) is 0 Å². The highest BCUT2D eigenvalue weighted by Gasteiger charge is 2.43. The van der Waals surface area contributed by atoms with E-state index in [9.17, 15) is 27.1 Å². The molecule has 4 atom stereocenters. The highest BCUT2D eigenvalue weighted by atomic mass is 32.2. The number of aliphatic carboxylic acids is 1. The molecule has 4 unspecified atom stereocenters. The molecule has 2 saturated carbocycles. The summed E-state index contributed by atoms with van der Waals surface area (Å²) in [6, 6.07) is 5.98. The van der Waals surface area contributed by atoms with Gasteiger partial charge < -0.3 is 5.11 Å². The Morgan fingerprint density at radius 1 is 1.15 bits per heavy atom. The van der Waals surface area contributed by atoms with Crippen LogP contribution in [0.3, 0.4) is 0 Å². The van der Waals surface area contributed by atoms with Crippen LogP contribution in [0.5, 0.6) is 0 Å². The van der Waals surface area contributed by atoms with Crippen LogP contribution in [-0.4, -0.2) is 37.1 Å². The average Bonchev–Trinajstić information content (AvgIpc) is 3.39. The van der Waals surface area contributed by atoms with Crippen molar-refractivity contribution in [1.29, 1.82) is 0 Å². The molecule has 26 heavy (non-hydrogen) atoms. The SMILES string of the molecule is CCC(C1CC(F)C(F)C1)C(C(=O)O)c1ccc(S(=O)(=O)C2CC2)cc1. The Labute approximate surface area is 152 Å². The van der Waals surface area contributed by atoms with E-state index in [1.54, 1.807) is 0 Å². The van der Waals surface area contributed by atoms with Gasteiger partial charge in [0.15, 0.2) is 9.84 Å². The Bertz CT molecular complexity index is 748. The summed E-state index contributed by atoms with van der Waals surface area (Å²) in [4.78, 5) is 12.1. The third-order valence-corrected chi connectivity index (χ3v) is 8.03. The lowest BCUT2D eigenvalue weighted by Crippen LogP contribution is -2.27. The van der Waals surface area contributed by atoms with Gasteiger partial charge in [0.1, 0.15) is 12.3 Å². The predicted octanol–water partition coefficient (Wildman–Crippen LogP) is 3.90. The third kappa shape index (κ3) is 3.63. The van der Waals surface area contributed by atoms with E-state index in [1.807, 2.05) is 6.92 Å². The second kappa shape index (κ2) is 7.25. The number of carboxylic acids is 1. The molecule has 144 valence electrons. The number of hydrogen-bond acceptors (Lipinski definition) is 3. The monoisotopic (exact) mass is 386 g/mol. The van der Waals surface area contributed by atoms with Gasteiger partial charge in [-0.15, -0.1) is 0 Å². The van der Waals surface area contributed by atoms with Crippen molar-refractivity contribution in [2.24, 2.45) is 11.8 Å². The Hall–Kier alpha value is -1.50. The molecule has 7 heteroatoms. The second-order valence-electron chi connectivity index (χ2n) is 7.46. The molecule has 2 aliphatic rings. The van der Waals surface area contributed by atoms with E-state index in [0.717, 1.165) is 0 Å². The first-order valence-electron chi connectivity index (χ1n) is 9.10. The first-order valence-corrected chi connectivity index (χ1v) is 10.6. The largest absolute Gasteiger partial charge is 0.481 e. The summed E-state index contributed by atoms with van der Waals surface area (Å²) in [7, 11) is -3.33. The van der Waals surface area contributed by atoms with Gasteiger partial charge in [0.05, 0.1) is 16.1 Å². The lowest BCUT2D eigenvalue weighted by Gasteiger charge is -2.28. The Balaban J connectivity index is 1.86. The van der Waals surface area contributed by atoms with Crippen LogP contribution < -0.4 is 0 Å². The number of benzene rings is 1. The third-order valence-electron chi connectivity index (χ3n) is 5.75. The van der Waals surface area contributed by atoms with Crippen molar-refractivity contribution in [1.82, 2.24) is 0 Å². The van der Waals surface area contributed by atoms with Gasteiger partial charge in [0, 0.05) is 0 Å². The topological polar surface area (TPSA) is 71.4 Å². The Morgan fingerprint density at radius 3 is 2.12 bits per heavy atom. The molecule has 0 radical (unpaired) electrons. The normalized spacial score (nSPS) is 28.7. The molecule has 2 fully saturated rings. The van der Waals surface area contributed by atoms with E-state index in [0.29, 0.717) is 24.8 Å². The summed E-state index contributed by atoms with van der Waals surface area (Å²) < 4.78 is 51.8. The zero-order chi connectivity index (χ0) is 19.1. The van der Waals surface area contributed by atoms with Crippen molar-refractivity contribution in [3.8, 4) is 0 Å². The van der Waals surface area contributed by atoms with Crippen molar-refractivity contribution in [3.05, 3.63) is 29.8 Å². The summed E-state index contributed by atoms with van der Waals surface area (Å²) in [5.74, 6) is -2.68. The van der Waals surface area contributed by atoms with Crippen molar-refractivity contribution in [2.75, 3.05) is 0 Å². The molecule has 0 bridgehead atoms. The van der Waals surface area contributed by atoms with E-state index in [2.05, 4.69) is 0 Å². The highest BCUT2D eigenvalue weighted by molar-refractivity contribution is 7.92. The summed E-state index contributed by atoms with van der Waals surface area (Å²) in [5, 5.41) is 9.42. The molecule has 0 spiro atoms. The lowest BCUT2D eigenvalue weighted by molar-refractivity contribution is -0.140. The molecule has 0 aromatic heterocycles. The molecular weight excluding hydrogens is 362 g/mol. The van der Waals surface area contributed by atoms with Crippen molar-refractivity contribution < 1.29 is 27.1 Å². The minimum atomic E-state index is -3.33. The highest BCUT2D eigenvalue weighted by Crippen LogP contribution is 2.43. The first kappa shape index (κ1) is 19.3. The van der Waals surface area contributed by atoms with Gasteiger partial charge in [-0.05, 0) is 55.2 Å². The van der Waals surface area contributed by atoms with Crippen LogP contribution in [-0.2, 0) is 14.6 Å². The molecule has 1 aromatic carbocycles. The fourth-order valence-corrected chi connectivity index (χ4v) is 5.83. The summed E-state index contributed by atoms with van der Waals surface area (Å²) >= 11 is 0. The van der Waals surface area contributed by atoms with Gasteiger partial charge >= 0.3 is 5.97 Å². The molecule has 0 amide bonds. The Morgan fingerprint density at radius 2 is 1.69 bits per heavy atom. The van der Waals surface area contributed by atoms with E-state index >= 15 is 0 Å². The Kier molecular flexibility index (Phi) is 5.37. The van der Waals surface area contributed by atoms with Gasteiger partial charge in [-0.2, -0.15) is 0 Å². The van der Waals surface area contributed by atoms with Crippen molar-refractivity contribution in [3.63, 3.8) is 0 Å². The minimum Gasteiger partial charge on any atom is -0.481 e. The van der Waals surface area contributed by atoms with Crippen LogP contribution in [0, 0.1) is 11.8 Å². The first-order chi connectivity index (χ1) is 12.3. The summed E-state index contributed by atoms with van der Waals surface area (Å²) in [5.41, 5.74) is 0.483. The number of sulfone groups is 1. The maximum atomic E-state index is 13.6. The molecule has 2 aliphatic carbocycles. The fourth-order valence-electron chi connectivity index (χ4n) is 4.17. The van der Waals surface area contributed by atoms with Gasteiger partial charge in [0.25, 0.3) is 0 Å². The van der Waals surface area contributed by atoms with E-state index in [1.165, 1.54) is 24.3 Å². The number of carboxylic acid groups (broad SMARTS) is 1. The molecular formula is C19H24F2O4S. The molecule has 4 nitrogen and oxygen atoms in total. The standard InChI is InChI=1S/C19H24F2O4S/c1-2-15(12-9-16(20)17(21)10-12)18(19(22)23)11-3-5-13(6-4-11)26(24,25)14-7-8-14/h3-6,12,14-18H,2,7-10H2,1H3,(H,22,23). The summed E-state index contributed by atoms with van der Waals surface area (Å²) in [6.07, 6.45) is -1.17. The second-order valence-corrected chi connectivity index (χ2v) is 9.69. The van der Waals surface area contributed by atoms with Crippen LogP contribution in [0.1, 0.15) is 50.5 Å². The number of rotatable bonds is 7. The van der Waals surface area contributed by atoms with E-state index in [4.69, 9.17) is 0 Å². The molecule has 1 N–H and O–H groups in total. The van der Waals surface area contributed by atoms with Crippen LogP contribution in [0.25, 0.3) is 0 Å². The molecule has 0 heterocycles. The van der Waals surface area contributed by atoms with Crippen LogP contribution >= 0.6 is 0 Å². The van der Waals surface area contributed by atoms with Crippen molar-refractivity contribution >= 4 is 15.8 Å². The van der Waals surface area contributed by atoms with Gasteiger partial charge in [-0.3, -0.25) is 4.79 Å². The zero-order valence-electron chi connectivity index (χ0n) is 14.6. The molecule has 0 aliphatic heterocycles. The fraction of sp³-hybridized carbons (Fsp3) is 0.632. The van der Waals surface area contributed by atoms with E-state index < -0.39 is 40.0 Å². The number of alkyl halides is 2. The smallest absolute Gasteiger partial charge is 0.311 e. The molecule has 3 rings (SSSR count). The number of carbonyl (C=O) groups is 1. The average molecular weight is 386 g/mol. The van der Waals surface area contributed by atoms with Crippen molar-refractivity contribution in [2.45, 2.75) is 67.4 Å². The number of halogens is 2. The number of hydrogen-bond donors (Lipinski definition) is 1. The predicted molar refractivity (Wildman–Crippen MR) is 93.3 cm³/mol. The van der Waals surface area contributed by atoms with Crippen LogP contribution in [0.4, 0.5) is 8.78 Å². The quantitative estimate of drug-likeness (QED) is 0.771. The zero-order valence-corrected chi connectivity index (χ0v) is 15.5. The maximum absolute atomic E-state index is 13.6. The van der Waals surface area contributed by atoms with E-state index in [-0.39, 0.29) is 28.9 Å². The van der Waals surface area contributed by atoms with Gasteiger partial charge in [-0.1, -0.05) is 25.5 Å². The summed E-state index contributed by atoms with van der Waals surface area (Å²) in [6.45, 7) is 1.82. The maximum Gasteiger partial charge on any atom is 0.311 e. The minimum absolute atomic E-state index is 0.0393.